The van der Waals surface area contributed by atoms with Crippen molar-refractivity contribution in [2.24, 2.45) is 0 Å². The van der Waals surface area contributed by atoms with Gasteiger partial charge in [-0.25, -0.2) is 0 Å². The molecule has 0 bridgehead atoms. The van der Waals surface area contributed by atoms with Crippen molar-refractivity contribution in [3.8, 4) is 17.2 Å². The van der Waals surface area contributed by atoms with Gasteiger partial charge in [0.1, 0.15) is 11.5 Å². The van der Waals surface area contributed by atoms with Crippen molar-refractivity contribution in [2.75, 3.05) is 0 Å². The number of aryl methyl sites for hydroxylation is 1. The van der Waals surface area contributed by atoms with Crippen LogP contribution in [0.2, 0.25) is 0 Å². The van der Waals surface area contributed by atoms with E-state index in [2.05, 4.69) is 6.92 Å². The van der Waals surface area contributed by atoms with Gasteiger partial charge in [-0.05, 0) is 36.6 Å². The molecule has 178 valence electrons. The minimum atomic E-state index is -4.32. The second-order valence-corrected chi connectivity index (χ2v) is 9.89. The van der Waals surface area contributed by atoms with Crippen molar-refractivity contribution in [1.29, 1.82) is 0 Å². The van der Waals surface area contributed by atoms with Gasteiger partial charge in [0, 0.05) is 6.07 Å². The number of ether oxygens (including phenoxy) is 1. The van der Waals surface area contributed by atoms with Gasteiger partial charge in [0.05, 0.1) is 4.90 Å². The van der Waals surface area contributed by atoms with E-state index in [1.807, 2.05) is 6.07 Å². The standard InChI is InChI=1S/C26H38O5S.K/c1-2-3-4-5-6-7-8-9-10-11-12-13-15-22-18-19-25(27)26(20-22)31-23-16-14-17-24(21-23)32(28,29)30;/h14,16-21,27H,2-13,15H2,1H3,(H,28,29,30);/q;+1/p-1. The minimum Gasteiger partial charge on any atom is -0.870 e. The number of rotatable bonds is 16. The Morgan fingerprint density at radius 1 is 0.818 bits per heavy atom. The fraction of sp³-hybridized carbons (Fsp3) is 0.538. The van der Waals surface area contributed by atoms with Crippen LogP contribution in [0.1, 0.15) is 89.5 Å². The molecule has 2 aromatic carbocycles. The molecule has 0 aromatic heterocycles. The summed E-state index contributed by atoms with van der Waals surface area (Å²) < 4.78 is 37.4. The Labute approximate surface area is 242 Å². The molecule has 0 fully saturated rings. The number of benzene rings is 2. The van der Waals surface area contributed by atoms with E-state index in [9.17, 15) is 18.1 Å². The molecule has 0 heterocycles. The van der Waals surface area contributed by atoms with Gasteiger partial charge < -0.3 is 9.84 Å². The topological polar surface area (TPSA) is 86.7 Å². The van der Waals surface area contributed by atoms with Crippen LogP contribution in [0.15, 0.2) is 47.4 Å². The van der Waals surface area contributed by atoms with Gasteiger partial charge in [-0.2, -0.15) is 8.42 Å². The Balaban J connectivity index is 0.00000544. The van der Waals surface area contributed by atoms with E-state index in [4.69, 9.17) is 4.74 Å². The van der Waals surface area contributed by atoms with E-state index in [0.717, 1.165) is 18.4 Å². The third-order valence-corrected chi connectivity index (χ3v) is 6.51. The smallest absolute Gasteiger partial charge is 0.870 e. The third-order valence-electron chi connectivity index (χ3n) is 5.66. The average Bonchev–Trinajstić information content (AvgIpc) is 2.76. The zero-order valence-electron chi connectivity index (χ0n) is 20.2. The molecule has 0 amide bonds. The summed E-state index contributed by atoms with van der Waals surface area (Å²) in [5.41, 5.74) is 1.03. The average molecular weight is 501 g/mol. The molecule has 0 aliphatic rings. The van der Waals surface area contributed by atoms with E-state index in [1.165, 1.54) is 94.9 Å². The maximum Gasteiger partial charge on any atom is 1.00 e. The quantitative estimate of drug-likeness (QED) is 0.213. The van der Waals surface area contributed by atoms with Gasteiger partial charge in [-0.3, -0.25) is 4.55 Å². The number of hydrogen-bond acceptors (Lipinski definition) is 4. The van der Waals surface area contributed by atoms with Gasteiger partial charge in [0.25, 0.3) is 10.1 Å². The normalized spacial score (nSPS) is 11.2. The summed E-state index contributed by atoms with van der Waals surface area (Å²) in [6.45, 7) is 2.25. The van der Waals surface area contributed by atoms with Crippen molar-refractivity contribution < 1.29 is 74.2 Å². The van der Waals surface area contributed by atoms with E-state index < -0.39 is 10.1 Å². The Morgan fingerprint density at radius 3 is 1.97 bits per heavy atom. The van der Waals surface area contributed by atoms with E-state index >= 15 is 0 Å². The summed E-state index contributed by atoms with van der Waals surface area (Å²) in [5, 5.41) is 12.1. The monoisotopic (exact) mass is 500 g/mol. The van der Waals surface area contributed by atoms with Crippen LogP contribution in [0, 0.1) is 0 Å². The van der Waals surface area contributed by atoms with Crippen LogP contribution < -0.4 is 61.2 Å². The maximum absolute atomic E-state index is 12.1. The van der Waals surface area contributed by atoms with Crippen LogP contribution >= 0.6 is 0 Å². The number of hydrogen-bond donors (Lipinski definition) is 1. The van der Waals surface area contributed by atoms with Gasteiger partial charge in [-0.15, -0.1) is 0 Å². The molecule has 2 aromatic rings. The SMILES string of the molecule is CCCCCCCCCCCCCCc1ccc([O-])c(Oc2cccc(S(=O)(=O)O)c2)c1.[K+]. The Hall–Kier alpha value is -0.414. The van der Waals surface area contributed by atoms with Gasteiger partial charge in [0.2, 0.25) is 0 Å². The molecule has 0 spiro atoms. The van der Waals surface area contributed by atoms with Crippen LogP contribution in [0.3, 0.4) is 0 Å². The second kappa shape index (κ2) is 17.1. The van der Waals surface area contributed by atoms with Gasteiger partial charge in [-0.1, -0.05) is 102 Å². The molecular weight excluding hydrogens is 463 g/mol. The molecule has 1 N–H and O–H groups in total. The first kappa shape index (κ1) is 30.6. The summed E-state index contributed by atoms with van der Waals surface area (Å²) in [4.78, 5) is -0.268. The minimum absolute atomic E-state index is 0. The first-order chi connectivity index (χ1) is 15.4. The zero-order valence-corrected chi connectivity index (χ0v) is 24.2. The molecule has 5 nitrogen and oxygen atoms in total. The molecule has 2 rings (SSSR count). The maximum atomic E-state index is 12.1. The molecule has 0 unspecified atom stereocenters. The Bertz CT molecular complexity index is 915. The van der Waals surface area contributed by atoms with E-state index in [0.29, 0.717) is 0 Å². The zero-order chi connectivity index (χ0) is 23.2. The van der Waals surface area contributed by atoms with Crippen molar-refractivity contribution in [3.05, 3.63) is 48.0 Å². The van der Waals surface area contributed by atoms with Crippen molar-refractivity contribution in [3.63, 3.8) is 0 Å². The third kappa shape index (κ3) is 12.7. The van der Waals surface area contributed by atoms with Crippen LogP contribution in [-0.4, -0.2) is 13.0 Å². The molecule has 0 aliphatic carbocycles. The summed E-state index contributed by atoms with van der Waals surface area (Å²) in [6.07, 6.45) is 16.5. The molecule has 0 radical (unpaired) electrons. The fourth-order valence-electron chi connectivity index (χ4n) is 3.78. The van der Waals surface area contributed by atoms with Gasteiger partial charge in [0.15, 0.2) is 0 Å². The summed E-state index contributed by atoms with van der Waals surface area (Å²) in [7, 11) is -4.32. The molecule has 0 saturated heterocycles. The second-order valence-electron chi connectivity index (χ2n) is 8.47. The molecule has 0 aliphatic heterocycles. The van der Waals surface area contributed by atoms with Crippen molar-refractivity contribution in [1.82, 2.24) is 0 Å². The molecular formula is C26H37KO5S. The molecule has 0 atom stereocenters. The van der Waals surface area contributed by atoms with Crippen molar-refractivity contribution >= 4 is 10.1 Å². The van der Waals surface area contributed by atoms with Crippen LogP contribution in [0.5, 0.6) is 17.2 Å². The summed E-state index contributed by atoms with van der Waals surface area (Å²) in [6, 6.07) is 10.5. The predicted molar refractivity (Wildman–Crippen MR) is 127 cm³/mol. The first-order valence-corrected chi connectivity index (χ1v) is 13.4. The van der Waals surface area contributed by atoms with E-state index in [-0.39, 0.29) is 73.5 Å². The first-order valence-electron chi connectivity index (χ1n) is 12.0. The van der Waals surface area contributed by atoms with E-state index in [1.54, 1.807) is 12.1 Å². The summed E-state index contributed by atoms with van der Waals surface area (Å²) >= 11 is 0. The molecule has 0 saturated carbocycles. The predicted octanol–water partition coefficient (Wildman–Crippen LogP) is 4.05. The van der Waals surface area contributed by atoms with Crippen LogP contribution in [0.4, 0.5) is 0 Å². The summed E-state index contributed by atoms with van der Waals surface area (Å²) in [5.74, 6) is 0.0920. The Kier molecular flexibility index (Phi) is 15.9. The Morgan fingerprint density at radius 2 is 1.39 bits per heavy atom. The van der Waals surface area contributed by atoms with Crippen LogP contribution in [-0.2, 0) is 16.5 Å². The molecule has 7 heteroatoms. The molecule has 33 heavy (non-hydrogen) atoms. The fourth-order valence-corrected chi connectivity index (χ4v) is 4.30. The largest absolute Gasteiger partial charge is 1.00 e. The van der Waals surface area contributed by atoms with Crippen molar-refractivity contribution in [2.45, 2.75) is 95.3 Å². The number of unbranched alkanes of at least 4 members (excludes halogenated alkanes) is 11. The van der Waals surface area contributed by atoms with Crippen LogP contribution in [0.25, 0.3) is 0 Å². The van der Waals surface area contributed by atoms with Gasteiger partial charge >= 0.3 is 51.4 Å².